The molecule has 0 saturated carbocycles. The van der Waals surface area contributed by atoms with Crippen LogP contribution in [0.5, 0.6) is 0 Å². The van der Waals surface area contributed by atoms with Crippen molar-refractivity contribution in [3.8, 4) is 0 Å². The number of halogens is 3. The van der Waals surface area contributed by atoms with Gasteiger partial charge in [0.2, 0.25) is 11.8 Å². The number of benzene rings is 2. The minimum absolute atomic E-state index is 0.160. The van der Waals surface area contributed by atoms with E-state index in [0.717, 1.165) is 23.2 Å². The summed E-state index contributed by atoms with van der Waals surface area (Å²) in [6.07, 6.45) is 1.62. The van der Waals surface area contributed by atoms with Crippen LogP contribution in [0, 0.1) is 5.82 Å². The molecule has 0 aliphatic heterocycles. The van der Waals surface area contributed by atoms with Crippen molar-refractivity contribution in [1.82, 2.24) is 14.5 Å². The summed E-state index contributed by atoms with van der Waals surface area (Å²) in [7, 11) is -1.72. The highest BCUT2D eigenvalue weighted by Gasteiger charge is 2.34. The third-order valence-corrected chi connectivity index (χ3v) is 8.04. The van der Waals surface area contributed by atoms with Crippen molar-refractivity contribution in [3.63, 3.8) is 0 Å². The van der Waals surface area contributed by atoms with Gasteiger partial charge in [-0.3, -0.25) is 9.59 Å². The Hall–Kier alpha value is -2.40. The second-order valence-corrected chi connectivity index (χ2v) is 11.2. The molecule has 12 heteroatoms. The smallest absolute Gasteiger partial charge is 0.304 e. The van der Waals surface area contributed by atoms with Gasteiger partial charge < -0.3 is 10.2 Å². The van der Waals surface area contributed by atoms with E-state index in [2.05, 4.69) is 5.32 Å². The van der Waals surface area contributed by atoms with Crippen LogP contribution in [0.4, 0.5) is 10.1 Å². The molecular formula is C24H31Cl2FN4O4S. The van der Waals surface area contributed by atoms with E-state index in [1.807, 2.05) is 6.92 Å². The number of nitrogens with zero attached hydrogens (tertiary/aromatic N) is 3. The summed E-state index contributed by atoms with van der Waals surface area (Å²) in [5, 5.41) is 3.34. The fourth-order valence-corrected chi connectivity index (χ4v) is 4.91. The first kappa shape index (κ1) is 29.8. The molecule has 0 aliphatic rings. The molecule has 36 heavy (non-hydrogen) atoms. The highest BCUT2D eigenvalue weighted by atomic mass is 35.5. The van der Waals surface area contributed by atoms with Crippen molar-refractivity contribution in [3.05, 3.63) is 63.9 Å². The Balaban J connectivity index is 2.49. The molecule has 8 nitrogen and oxygen atoms in total. The number of anilines is 1. The Bertz CT molecular complexity index is 1160. The van der Waals surface area contributed by atoms with E-state index < -0.39 is 40.4 Å². The van der Waals surface area contributed by atoms with Crippen LogP contribution in [0.2, 0.25) is 10.0 Å². The fraction of sp³-hybridized carbons (Fsp3) is 0.417. The minimum atomic E-state index is -4.27. The number of amides is 2. The van der Waals surface area contributed by atoms with Gasteiger partial charge in [-0.1, -0.05) is 54.7 Å². The van der Waals surface area contributed by atoms with Crippen LogP contribution >= 0.6 is 23.2 Å². The van der Waals surface area contributed by atoms with Crippen LogP contribution in [0.1, 0.15) is 32.3 Å². The first-order chi connectivity index (χ1) is 16.9. The molecule has 0 spiro atoms. The predicted molar refractivity (Wildman–Crippen MR) is 141 cm³/mol. The number of unbranched alkanes of at least 4 members (excludes halogenated alkanes) is 1. The molecule has 1 N–H and O–H groups in total. The summed E-state index contributed by atoms with van der Waals surface area (Å²) in [5.74, 6) is -1.98. The predicted octanol–water partition coefficient (Wildman–Crippen LogP) is 4.08. The number of rotatable bonds is 12. The van der Waals surface area contributed by atoms with Crippen molar-refractivity contribution >= 4 is 50.9 Å². The van der Waals surface area contributed by atoms with Gasteiger partial charge >= 0.3 is 10.2 Å². The second-order valence-electron chi connectivity index (χ2n) is 8.29. The van der Waals surface area contributed by atoms with Crippen LogP contribution in [0.15, 0.2) is 42.5 Å². The maximum atomic E-state index is 14.6. The van der Waals surface area contributed by atoms with Gasteiger partial charge in [0.05, 0.1) is 5.69 Å². The Labute approximate surface area is 222 Å². The van der Waals surface area contributed by atoms with Gasteiger partial charge in [0.15, 0.2) is 0 Å². The number of hydrogen-bond acceptors (Lipinski definition) is 4. The van der Waals surface area contributed by atoms with E-state index >= 15 is 0 Å². The first-order valence-electron chi connectivity index (χ1n) is 11.4. The van der Waals surface area contributed by atoms with Gasteiger partial charge in [-0.05, 0) is 37.6 Å². The molecule has 2 amide bonds. The Morgan fingerprint density at radius 3 is 2.22 bits per heavy atom. The van der Waals surface area contributed by atoms with Crippen molar-refractivity contribution in [2.75, 3.05) is 31.5 Å². The number of carbonyl (C=O) groups is 2. The topological polar surface area (TPSA) is 90.0 Å². The summed E-state index contributed by atoms with van der Waals surface area (Å²) in [6.45, 7) is 3.01. The van der Waals surface area contributed by atoms with Crippen LogP contribution in [0.25, 0.3) is 0 Å². The van der Waals surface area contributed by atoms with Gasteiger partial charge in [-0.2, -0.15) is 12.7 Å². The highest BCUT2D eigenvalue weighted by Crippen LogP contribution is 2.28. The lowest BCUT2D eigenvalue weighted by Crippen LogP contribution is -2.52. The zero-order chi connectivity index (χ0) is 27.0. The maximum absolute atomic E-state index is 14.6. The molecule has 0 radical (unpaired) electrons. The van der Waals surface area contributed by atoms with Gasteiger partial charge in [0.1, 0.15) is 18.4 Å². The SMILES string of the molecule is CCCCNC(=O)C(C)N(Cc1c(Cl)cccc1Cl)C(=O)CN(c1ccccc1F)S(=O)(=O)N(C)C. The fourth-order valence-electron chi connectivity index (χ4n) is 3.33. The molecule has 0 heterocycles. The van der Waals surface area contributed by atoms with E-state index in [1.54, 1.807) is 18.2 Å². The van der Waals surface area contributed by atoms with Crippen LogP contribution in [0.3, 0.4) is 0 Å². The summed E-state index contributed by atoms with van der Waals surface area (Å²) in [6, 6.07) is 9.08. The zero-order valence-corrected chi connectivity index (χ0v) is 23.0. The van der Waals surface area contributed by atoms with Gasteiger partial charge in [-0.15, -0.1) is 0 Å². The van der Waals surface area contributed by atoms with E-state index in [1.165, 1.54) is 44.1 Å². The highest BCUT2D eigenvalue weighted by molar-refractivity contribution is 7.90. The average Bonchev–Trinajstić information content (AvgIpc) is 2.82. The van der Waals surface area contributed by atoms with E-state index in [0.29, 0.717) is 16.4 Å². The average molecular weight is 562 g/mol. The third kappa shape index (κ3) is 7.32. The molecule has 0 saturated heterocycles. The lowest BCUT2D eigenvalue weighted by atomic mass is 10.1. The van der Waals surface area contributed by atoms with Crippen molar-refractivity contribution in [2.24, 2.45) is 0 Å². The Morgan fingerprint density at radius 1 is 1.06 bits per heavy atom. The molecule has 0 bridgehead atoms. The summed E-state index contributed by atoms with van der Waals surface area (Å²) >= 11 is 12.6. The molecule has 1 unspecified atom stereocenters. The van der Waals surface area contributed by atoms with Crippen molar-refractivity contribution < 1.29 is 22.4 Å². The largest absolute Gasteiger partial charge is 0.354 e. The van der Waals surface area contributed by atoms with Gasteiger partial charge in [-0.25, -0.2) is 8.70 Å². The van der Waals surface area contributed by atoms with Crippen LogP contribution < -0.4 is 9.62 Å². The summed E-state index contributed by atoms with van der Waals surface area (Å²) < 4.78 is 42.4. The molecule has 0 aromatic heterocycles. The van der Waals surface area contributed by atoms with E-state index in [9.17, 15) is 22.4 Å². The monoisotopic (exact) mass is 560 g/mol. The molecule has 0 fully saturated rings. The number of carbonyl (C=O) groups excluding carboxylic acids is 2. The quantitative estimate of drug-likeness (QED) is 0.396. The molecular weight excluding hydrogens is 530 g/mol. The second kappa shape index (κ2) is 13.2. The Kier molecular flexibility index (Phi) is 11.0. The molecule has 2 aromatic rings. The molecule has 1 atom stereocenters. The van der Waals surface area contributed by atoms with Crippen molar-refractivity contribution in [1.29, 1.82) is 0 Å². The van der Waals surface area contributed by atoms with Crippen LogP contribution in [-0.2, 0) is 26.3 Å². The zero-order valence-electron chi connectivity index (χ0n) is 20.7. The molecule has 0 aliphatic carbocycles. The van der Waals surface area contributed by atoms with Crippen LogP contribution in [-0.4, -0.2) is 62.7 Å². The summed E-state index contributed by atoms with van der Waals surface area (Å²) in [5.41, 5.74) is 0.102. The number of nitrogens with one attached hydrogen (secondary N) is 1. The standard InChI is InChI=1S/C24H31Cl2FN4O4S/c1-5-6-14-28-24(33)17(2)30(15-18-19(25)10-9-11-20(18)26)23(32)16-31(36(34,35)29(3)4)22-13-8-7-12-21(22)27/h7-13,17H,5-6,14-16H2,1-4H3,(H,28,33). The number of hydrogen-bond donors (Lipinski definition) is 1. The first-order valence-corrected chi connectivity index (χ1v) is 13.5. The van der Waals surface area contributed by atoms with Gasteiger partial charge in [0, 0.05) is 42.8 Å². The van der Waals surface area contributed by atoms with E-state index in [-0.39, 0.29) is 22.3 Å². The summed E-state index contributed by atoms with van der Waals surface area (Å²) in [4.78, 5) is 27.7. The maximum Gasteiger partial charge on any atom is 0.304 e. The van der Waals surface area contributed by atoms with E-state index in [4.69, 9.17) is 23.2 Å². The lowest BCUT2D eigenvalue weighted by molar-refractivity contribution is -0.139. The molecule has 198 valence electrons. The minimum Gasteiger partial charge on any atom is -0.354 e. The normalized spacial score (nSPS) is 12.3. The third-order valence-electron chi connectivity index (χ3n) is 5.53. The number of para-hydroxylation sites is 1. The lowest BCUT2D eigenvalue weighted by Gasteiger charge is -2.33. The van der Waals surface area contributed by atoms with Gasteiger partial charge in [0.25, 0.3) is 0 Å². The Morgan fingerprint density at radius 2 is 1.67 bits per heavy atom. The molecule has 2 rings (SSSR count). The van der Waals surface area contributed by atoms with Crippen molar-refractivity contribution in [2.45, 2.75) is 39.3 Å². The molecule has 2 aromatic carbocycles.